The van der Waals surface area contributed by atoms with Crippen LogP contribution < -0.4 is 15.7 Å². The van der Waals surface area contributed by atoms with Gasteiger partial charge in [-0.15, -0.1) is 0 Å². The van der Waals surface area contributed by atoms with Crippen LogP contribution in [0.2, 0.25) is 0 Å². The number of amides is 1. The lowest BCUT2D eigenvalue weighted by Gasteiger charge is -2.10. The first-order chi connectivity index (χ1) is 16.5. The quantitative estimate of drug-likeness (QED) is 0.392. The number of ether oxygens (including phenoxy) is 1. The summed E-state index contributed by atoms with van der Waals surface area (Å²) in [5, 5.41) is 3.38. The predicted octanol–water partition coefficient (Wildman–Crippen LogP) is 4.43. The van der Waals surface area contributed by atoms with Crippen molar-refractivity contribution in [2.75, 3.05) is 5.32 Å². The summed E-state index contributed by atoms with van der Waals surface area (Å²) >= 11 is 0. The monoisotopic (exact) mass is 453 g/mol. The van der Waals surface area contributed by atoms with Crippen molar-refractivity contribution in [1.82, 2.24) is 19.5 Å². The van der Waals surface area contributed by atoms with Crippen molar-refractivity contribution in [1.29, 1.82) is 0 Å². The lowest BCUT2D eigenvalue weighted by atomic mass is 10.1. The van der Waals surface area contributed by atoms with Gasteiger partial charge in [-0.25, -0.2) is 14.8 Å². The molecule has 3 heterocycles. The summed E-state index contributed by atoms with van der Waals surface area (Å²) in [5.41, 5.74) is 0.160. The first-order valence-electron chi connectivity index (χ1n) is 10.4. The third kappa shape index (κ3) is 4.26. The van der Waals surface area contributed by atoms with E-state index in [1.165, 1.54) is 6.07 Å². The number of carbonyl (C=O) groups is 1. The molecule has 34 heavy (non-hydrogen) atoms. The molecule has 0 fully saturated rings. The summed E-state index contributed by atoms with van der Waals surface area (Å²) < 4.78 is 13.0. The van der Waals surface area contributed by atoms with Crippen molar-refractivity contribution in [2.45, 2.75) is 13.8 Å². The van der Waals surface area contributed by atoms with E-state index in [-0.39, 0.29) is 5.56 Å². The molecule has 1 N–H and O–H groups in total. The summed E-state index contributed by atoms with van der Waals surface area (Å²) in [6.45, 7) is 3.66. The zero-order chi connectivity index (χ0) is 23.7. The highest BCUT2D eigenvalue weighted by atomic mass is 16.5. The van der Waals surface area contributed by atoms with E-state index in [0.29, 0.717) is 39.9 Å². The van der Waals surface area contributed by atoms with Gasteiger partial charge >= 0.3 is 5.63 Å². The van der Waals surface area contributed by atoms with Crippen molar-refractivity contribution in [3.05, 3.63) is 101 Å². The number of hydrogen-bond donors (Lipinski definition) is 1. The Hall–Kier alpha value is -4.79. The van der Waals surface area contributed by atoms with Gasteiger partial charge in [-0.2, -0.15) is 4.98 Å². The highest BCUT2D eigenvalue weighted by Crippen LogP contribution is 2.24. The maximum absolute atomic E-state index is 12.6. The zero-order valence-electron chi connectivity index (χ0n) is 18.4. The Morgan fingerprint density at radius 3 is 2.59 bits per heavy atom. The standard InChI is InChI=1S/C25H19N5O4/c1-15-27-22(30-12-11-26-16(30)2)14-23(28-15)33-19-9-7-18(8-10-19)29-24(31)20-13-17-5-3-4-6-21(17)34-25(20)32/h3-14H,1-2H3,(H,29,31). The molecule has 0 aliphatic carbocycles. The Labute approximate surface area is 193 Å². The van der Waals surface area contributed by atoms with Crippen LogP contribution in [0.15, 0.2) is 82.3 Å². The average molecular weight is 453 g/mol. The second kappa shape index (κ2) is 8.62. The number of anilines is 1. The SMILES string of the molecule is Cc1nc(Oc2ccc(NC(=O)c3cc4ccccc4oc3=O)cc2)cc(-n2ccnc2C)n1. The fourth-order valence-corrected chi connectivity index (χ4v) is 3.47. The van der Waals surface area contributed by atoms with Crippen LogP contribution in [0.3, 0.4) is 0 Å². The van der Waals surface area contributed by atoms with Gasteiger partial charge in [0.15, 0.2) is 0 Å². The number of para-hydroxylation sites is 1. The van der Waals surface area contributed by atoms with Crippen LogP contribution in [0.1, 0.15) is 22.0 Å². The molecule has 168 valence electrons. The Kier molecular flexibility index (Phi) is 5.35. The number of aromatic nitrogens is 4. The van der Waals surface area contributed by atoms with Crippen LogP contribution in [0.25, 0.3) is 16.8 Å². The number of aryl methyl sites for hydroxylation is 2. The second-order valence-corrected chi connectivity index (χ2v) is 7.52. The van der Waals surface area contributed by atoms with Gasteiger partial charge in [0, 0.05) is 29.5 Å². The number of rotatable bonds is 5. The molecule has 0 atom stereocenters. The maximum Gasteiger partial charge on any atom is 0.349 e. The number of imidazole rings is 1. The smallest absolute Gasteiger partial charge is 0.349 e. The Balaban J connectivity index is 1.32. The van der Waals surface area contributed by atoms with Crippen LogP contribution in [0.4, 0.5) is 5.69 Å². The normalized spacial score (nSPS) is 10.9. The van der Waals surface area contributed by atoms with Crippen molar-refractivity contribution in [3.63, 3.8) is 0 Å². The molecule has 1 amide bonds. The number of carbonyl (C=O) groups excluding carboxylic acids is 1. The lowest BCUT2D eigenvalue weighted by Crippen LogP contribution is -2.20. The van der Waals surface area contributed by atoms with E-state index in [1.54, 1.807) is 67.7 Å². The van der Waals surface area contributed by atoms with E-state index in [1.807, 2.05) is 17.7 Å². The van der Waals surface area contributed by atoms with Crippen molar-refractivity contribution >= 4 is 22.6 Å². The van der Waals surface area contributed by atoms with Crippen LogP contribution in [0.5, 0.6) is 11.6 Å². The molecule has 0 aliphatic rings. The summed E-state index contributed by atoms with van der Waals surface area (Å²) in [5.74, 6) is 2.34. The van der Waals surface area contributed by atoms with Crippen LogP contribution in [0, 0.1) is 13.8 Å². The lowest BCUT2D eigenvalue weighted by molar-refractivity contribution is 0.102. The van der Waals surface area contributed by atoms with E-state index >= 15 is 0 Å². The molecule has 0 saturated carbocycles. The molecule has 3 aromatic heterocycles. The number of nitrogens with zero attached hydrogens (tertiary/aromatic N) is 4. The first-order valence-corrected chi connectivity index (χ1v) is 10.4. The van der Waals surface area contributed by atoms with Gasteiger partial charge < -0.3 is 14.5 Å². The molecule has 0 spiro atoms. The van der Waals surface area contributed by atoms with Crippen LogP contribution in [-0.2, 0) is 0 Å². The van der Waals surface area contributed by atoms with Gasteiger partial charge in [-0.05, 0) is 50.2 Å². The Bertz CT molecular complexity index is 1570. The van der Waals surface area contributed by atoms with E-state index in [2.05, 4.69) is 20.3 Å². The molecule has 5 rings (SSSR count). The minimum Gasteiger partial charge on any atom is -0.439 e. The molecule has 9 heteroatoms. The molecule has 5 aromatic rings. The minimum atomic E-state index is -0.695. The van der Waals surface area contributed by atoms with Gasteiger partial charge in [0.25, 0.3) is 5.91 Å². The molecular weight excluding hydrogens is 434 g/mol. The Morgan fingerprint density at radius 1 is 1.03 bits per heavy atom. The predicted molar refractivity (Wildman–Crippen MR) is 126 cm³/mol. The van der Waals surface area contributed by atoms with E-state index < -0.39 is 11.5 Å². The molecule has 0 unspecified atom stereocenters. The third-order valence-corrected chi connectivity index (χ3v) is 5.09. The van der Waals surface area contributed by atoms with Crippen LogP contribution in [-0.4, -0.2) is 25.4 Å². The third-order valence-electron chi connectivity index (χ3n) is 5.09. The number of benzene rings is 2. The number of hydrogen-bond acceptors (Lipinski definition) is 7. The van der Waals surface area contributed by atoms with Crippen LogP contribution >= 0.6 is 0 Å². The van der Waals surface area contributed by atoms with Crippen molar-refractivity contribution < 1.29 is 13.9 Å². The van der Waals surface area contributed by atoms with Gasteiger partial charge in [-0.3, -0.25) is 9.36 Å². The molecular formula is C25H19N5O4. The summed E-state index contributed by atoms with van der Waals surface area (Å²) in [4.78, 5) is 37.8. The van der Waals surface area contributed by atoms with E-state index in [4.69, 9.17) is 9.15 Å². The number of fused-ring (bicyclic) bond motifs is 1. The molecule has 9 nitrogen and oxygen atoms in total. The van der Waals surface area contributed by atoms with Crippen molar-refractivity contribution in [3.8, 4) is 17.4 Å². The fraction of sp³-hybridized carbons (Fsp3) is 0.0800. The highest BCUT2D eigenvalue weighted by molar-refractivity contribution is 6.05. The Morgan fingerprint density at radius 2 is 1.82 bits per heavy atom. The van der Waals surface area contributed by atoms with Gasteiger partial charge in [0.1, 0.15) is 34.4 Å². The van der Waals surface area contributed by atoms with Gasteiger partial charge in [0.2, 0.25) is 5.88 Å². The molecule has 0 bridgehead atoms. The van der Waals surface area contributed by atoms with Crippen molar-refractivity contribution in [2.24, 2.45) is 0 Å². The molecule has 0 saturated heterocycles. The summed E-state index contributed by atoms with van der Waals surface area (Å²) in [6.07, 6.45) is 3.51. The largest absolute Gasteiger partial charge is 0.439 e. The van der Waals surface area contributed by atoms with E-state index in [0.717, 1.165) is 5.82 Å². The second-order valence-electron chi connectivity index (χ2n) is 7.52. The molecule has 2 aromatic carbocycles. The average Bonchev–Trinajstić information content (AvgIpc) is 3.25. The summed E-state index contributed by atoms with van der Waals surface area (Å²) in [7, 11) is 0. The van der Waals surface area contributed by atoms with Gasteiger partial charge in [0.05, 0.1) is 0 Å². The fourth-order valence-electron chi connectivity index (χ4n) is 3.47. The maximum atomic E-state index is 12.6. The minimum absolute atomic E-state index is 0.0715. The topological polar surface area (TPSA) is 112 Å². The molecule has 0 radical (unpaired) electrons. The first kappa shape index (κ1) is 21.1. The number of nitrogens with one attached hydrogen (secondary N) is 1. The zero-order valence-corrected chi connectivity index (χ0v) is 18.4. The highest BCUT2D eigenvalue weighted by Gasteiger charge is 2.14. The van der Waals surface area contributed by atoms with E-state index in [9.17, 15) is 9.59 Å². The van der Waals surface area contributed by atoms with Gasteiger partial charge in [-0.1, -0.05) is 18.2 Å². The summed E-state index contributed by atoms with van der Waals surface area (Å²) in [6, 6.07) is 17.0. The molecule has 0 aliphatic heterocycles.